The predicted octanol–water partition coefficient (Wildman–Crippen LogP) is 1.32. The van der Waals surface area contributed by atoms with Crippen molar-refractivity contribution in [1.82, 2.24) is 0 Å². The van der Waals surface area contributed by atoms with E-state index in [1.807, 2.05) is 33.3 Å². The number of hydrogen-bond acceptors (Lipinski definition) is 6. The van der Waals surface area contributed by atoms with Gasteiger partial charge in [-0.1, -0.05) is 0 Å². The molecular formula is C13H23HgNO6PS+. The van der Waals surface area contributed by atoms with Crippen molar-refractivity contribution in [2.24, 2.45) is 0 Å². The average Bonchev–Trinajstić information content (AvgIpc) is 2.82. The van der Waals surface area contributed by atoms with Crippen molar-refractivity contribution < 1.29 is 55.5 Å². The van der Waals surface area contributed by atoms with E-state index in [1.165, 1.54) is 6.92 Å². The molecule has 128 valence electrons. The molecule has 1 unspecified atom stereocenters. The fraction of sp³-hybridized carbons (Fsp3) is 0.615. The number of quaternary nitrogens is 1. The first-order valence-electron chi connectivity index (χ1n) is 7.21. The second-order valence-electron chi connectivity index (χ2n) is 6.05. The molecule has 0 radical (unpaired) electrons. The molecule has 0 aliphatic rings. The Morgan fingerprint density at radius 3 is 2.57 bits per heavy atom. The van der Waals surface area contributed by atoms with Gasteiger partial charge >= 0.3 is 154 Å². The van der Waals surface area contributed by atoms with E-state index in [9.17, 15) is 14.3 Å². The predicted molar refractivity (Wildman–Crippen MR) is 84.1 cm³/mol. The fourth-order valence-electron chi connectivity index (χ4n) is 1.54. The van der Waals surface area contributed by atoms with E-state index < -0.39 is 32.9 Å². The van der Waals surface area contributed by atoms with Gasteiger partial charge in [-0.3, -0.25) is 0 Å². The normalized spacial score (nSPS) is 14.1. The Balaban J connectivity index is 2.29. The van der Waals surface area contributed by atoms with E-state index in [2.05, 4.69) is 0 Å². The average molecular weight is 553 g/mol. The zero-order chi connectivity index (χ0) is 17.5. The number of carbonyl (C=O) groups excluding carboxylic acids is 1. The van der Waals surface area contributed by atoms with Crippen LogP contribution in [0.2, 0.25) is 0 Å². The Hall–Kier alpha value is 0.175. The second-order valence-corrected chi connectivity index (χ2v) is 16.0. The first-order chi connectivity index (χ1) is 10.6. The molecule has 0 bridgehead atoms. The molecule has 1 atom stereocenters. The summed E-state index contributed by atoms with van der Waals surface area (Å²) in [6, 6.07) is 3.90. The zero-order valence-corrected chi connectivity index (χ0v) is 21.2. The van der Waals surface area contributed by atoms with Crippen LogP contribution in [0.3, 0.4) is 0 Å². The maximum absolute atomic E-state index is 11.7. The summed E-state index contributed by atoms with van der Waals surface area (Å²) in [6.45, 7) is 2.31. The van der Waals surface area contributed by atoms with Crippen LogP contribution in [0.25, 0.3) is 0 Å². The molecule has 0 fully saturated rings. The van der Waals surface area contributed by atoms with Gasteiger partial charge in [0.15, 0.2) is 0 Å². The second kappa shape index (κ2) is 9.60. The molecule has 7 nitrogen and oxygen atoms in total. The molecule has 0 saturated heterocycles. The number of hydrogen-bond donors (Lipinski definition) is 1. The number of nitrogens with zero attached hydrogens (tertiary/aromatic N) is 1. The van der Waals surface area contributed by atoms with Crippen LogP contribution in [0.5, 0.6) is 0 Å². The summed E-state index contributed by atoms with van der Waals surface area (Å²) in [5, 5.41) is 0. The van der Waals surface area contributed by atoms with Crippen molar-refractivity contribution in [3.63, 3.8) is 0 Å². The molecule has 0 aromatic carbocycles. The number of phosphoric acid groups is 1. The Bertz CT molecular complexity index is 559. The van der Waals surface area contributed by atoms with Gasteiger partial charge in [-0.15, -0.1) is 0 Å². The van der Waals surface area contributed by atoms with Gasteiger partial charge < -0.3 is 0 Å². The first-order valence-corrected chi connectivity index (χ1v) is 14.5. The molecule has 0 spiro atoms. The van der Waals surface area contributed by atoms with Gasteiger partial charge in [0.25, 0.3) is 0 Å². The summed E-state index contributed by atoms with van der Waals surface area (Å²) < 4.78 is 28.6. The molecule has 1 aromatic heterocycles. The van der Waals surface area contributed by atoms with Crippen molar-refractivity contribution in [2.75, 3.05) is 40.9 Å². The number of thiophene rings is 1. The topological polar surface area (TPSA) is 82.1 Å². The van der Waals surface area contributed by atoms with Crippen molar-refractivity contribution >= 4 is 27.5 Å². The summed E-state index contributed by atoms with van der Waals surface area (Å²) in [7, 11) is 1.93. The van der Waals surface area contributed by atoms with Crippen LogP contribution in [-0.2, 0) is 52.5 Å². The maximum atomic E-state index is 11.7. The van der Waals surface area contributed by atoms with E-state index in [4.69, 9.17) is 11.7 Å². The molecule has 1 N–H and O–H groups in total. The molecule has 0 aliphatic heterocycles. The van der Waals surface area contributed by atoms with E-state index >= 15 is 0 Å². The Labute approximate surface area is 153 Å². The van der Waals surface area contributed by atoms with Gasteiger partial charge in [-0.05, 0) is 0 Å². The van der Waals surface area contributed by atoms with Crippen LogP contribution in [0.1, 0.15) is 11.8 Å². The number of rotatable bonds is 10. The molecule has 1 rings (SSSR count). The van der Waals surface area contributed by atoms with E-state index in [0.29, 0.717) is 17.4 Å². The first kappa shape index (κ1) is 21.2. The van der Waals surface area contributed by atoms with Crippen LogP contribution in [0, 0.1) is 0 Å². The third kappa shape index (κ3) is 10.6. The fourth-order valence-corrected chi connectivity index (χ4v) is 8.64. The molecule has 1 aromatic rings. The third-order valence-electron chi connectivity index (χ3n) is 2.75. The van der Waals surface area contributed by atoms with Gasteiger partial charge in [0.1, 0.15) is 0 Å². The Morgan fingerprint density at radius 1 is 1.30 bits per heavy atom. The van der Waals surface area contributed by atoms with E-state index in [-0.39, 0.29) is 19.2 Å². The minimum absolute atomic E-state index is 0.114. The SMILES string of the molecule is CC(=O)[O][Hg][c]1ccc(CCOP(=O)(O)OCC[N+](C)(C)C)s1. The van der Waals surface area contributed by atoms with Gasteiger partial charge in [-0.25, -0.2) is 0 Å². The third-order valence-corrected chi connectivity index (χ3v) is 11.7. The summed E-state index contributed by atoms with van der Waals surface area (Å²) in [5.74, 6) is -0.225. The van der Waals surface area contributed by atoms with Crippen LogP contribution >= 0.6 is 19.2 Å². The van der Waals surface area contributed by atoms with Gasteiger partial charge in [0.05, 0.1) is 0 Å². The van der Waals surface area contributed by atoms with E-state index in [1.54, 1.807) is 11.3 Å². The molecule has 0 saturated carbocycles. The minimum atomic E-state index is -4.00. The van der Waals surface area contributed by atoms with Gasteiger partial charge in [0.2, 0.25) is 0 Å². The summed E-state index contributed by atoms with van der Waals surface area (Å²) >= 11 is -0.198. The van der Waals surface area contributed by atoms with Crippen LogP contribution in [-0.4, -0.2) is 56.2 Å². The number of phosphoric ester groups is 1. The van der Waals surface area contributed by atoms with Gasteiger partial charge in [0, 0.05) is 0 Å². The Kier molecular flexibility index (Phi) is 8.86. The van der Waals surface area contributed by atoms with Gasteiger partial charge in [-0.2, -0.15) is 0 Å². The van der Waals surface area contributed by atoms with Crippen molar-refractivity contribution in [3.8, 4) is 0 Å². The Morgan fingerprint density at radius 2 is 1.96 bits per heavy atom. The summed E-state index contributed by atoms with van der Waals surface area (Å²) in [6.07, 6.45) is 0.530. The molecule has 1 heterocycles. The van der Waals surface area contributed by atoms with E-state index in [0.717, 1.165) is 7.26 Å². The molecule has 23 heavy (non-hydrogen) atoms. The number of likely N-dealkylation sites (N-methyl/N-ethyl adjacent to an activating group) is 1. The quantitative estimate of drug-likeness (QED) is 0.268. The van der Waals surface area contributed by atoms with Crippen LogP contribution < -0.4 is 2.39 Å². The molecule has 10 heteroatoms. The number of carbonyl (C=O) groups is 1. The summed E-state index contributed by atoms with van der Waals surface area (Å²) in [4.78, 5) is 21.4. The molecule has 0 amide bonds. The van der Waals surface area contributed by atoms with Crippen molar-refractivity contribution in [1.29, 1.82) is 0 Å². The molecular weight excluding hydrogens is 530 g/mol. The zero-order valence-electron chi connectivity index (χ0n) is 14.0. The molecule has 0 aliphatic carbocycles. The van der Waals surface area contributed by atoms with Crippen molar-refractivity contribution in [2.45, 2.75) is 13.3 Å². The van der Waals surface area contributed by atoms with Crippen molar-refractivity contribution in [3.05, 3.63) is 17.0 Å². The van der Waals surface area contributed by atoms with Crippen LogP contribution in [0.15, 0.2) is 12.1 Å². The standard InChI is InChI=1S/C11H19NO4PS.C2H4O2.Hg/c1-12(2,3)7-9-16-17(13,14)15-8-6-11-5-4-10-18-11;1-2(3)4;/h4-5H,6-9H2,1-3H3;1H3,(H,3,4);/q;;+1. The summed E-state index contributed by atoms with van der Waals surface area (Å²) in [5.41, 5.74) is 0. The monoisotopic (exact) mass is 554 g/mol. The van der Waals surface area contributed by atoms with Crippen LogP contribution in [0.4, 0.5) is 0 Å².